The molecule has 0 heterocycles. The Balaban J connectivity index is 2.24. The minimum Gasteiger partial charge on any atom is -0.313 e. The number of benzene rings is 2. The summed E-state index contributed by atoms with van der Waals surface area (Å²) in [4.78, 5) is 0. The van der Waals surface area contributed by atoms with Crippen molar-refractivity contribution in [2.24, 2.45) is 0 Å². The third kappa shape index (κ3) is 3.45. The average molecular weight is 271 g/mol. The molecule has 2 rings (SSSR count). The predicted molar refractivity (Wildman–Crippen MR) is 83.3 cm³/mol. The van der Waals surface area contributed by atoms with Crippen molar-refractivity contribution in [3.05, 3.63) is 59.4 Å². The van der Waals surface area contributed by atoms with Crippen molar-refractivity contribution in [2.45, 2.75) is 33.2 Å². The molecule has 0 saturated carbocycles. The van der Waals surface area contributed by atoms with Crippen molar-refractivity contribution >= 4 is 0 Å². The molecule has 0 aliphatic heterocycles. The summed E-state index contributed by atoms with van der Waals surface area (Å²) in [6.07, 6.45) is 0. The quantitative estimate of drug-likeness (QED) is 0.829. The van der Waals surface area contributed by atoms with E-state index in [-0.39, 0.29) is 5.82 Å². The van der Waals surface area contributed by atoms with Crippen LogP contribution in [0.1, 0.15) is 37.8 Å². The molecule has 2 heteroatoms. The van der Waals surface area contributed by atoms with E-state index in [0.717, 1.165) is 17.7 Å². The number of halogens is 1. The Morgan fingerprint density at radius 2 is 1.75 bits per heavy atom. The van der Waals surface area contributed by atoms with Crippen LogP contribution < -0.4 is 5.32 Å². The largest absolute Gasteiger partial charge is 0.313 e. The minimum atomic E-state index is -0.155. The Labute approximate surface area is 120 Å². The number of hydrogen-bond acceptors (Lipinski definition) is 1. The molecule has 0 aromatic heterocycles. The van der Waals surface area contributed by atoms with Crippen LogP contribution in [0, 0.1) is 5.82 Å². The molecule has 1 N–H and O–H groups in total. The van der Waals surface area contributed by atoms with Crippen molar-refractivity contribution in [3.63, 3.8) is 0 Å². The molecule has 0 saturated heterocycles. The second-order valence-corrected chi connectivity index (χ2v) is 5.37. The Bertz CT molecular complexity index is 558. The molecule has 0 aliphatic carbocycles. The molecule has 2 aromatic carbocycles. The van der Waals surface area contributed by atoms with Crippen molar-refractivity contribution < 1.29 is 4.39 Å². The van der Waals surface area contributed by atoms with E-state index < -0.39 is 0 Å². The highest BCUT2D eigenvalue weighted by molar-refractivity contribution is 5.64. The molecule has 0 bridgehead atoms. The van der Waals surface area contributed by atoms with Gasteiger partial charge < -0.3 is 5.32 Å². The van der Waals surface area contributed by atoms with Crippen LogP contribution >= 0.6 is 0 Å². The Hall–Kier alpha value is -1.67. The van der Waals surface area contributed by atoms with Gasteiger partial charge in [0, 0.05) is 12.1 Å². The van der Waals surface area contributed by atoms with Gasteiger partial charge in [-0.1, -0.05) is 57.2 Å². The van der Waals surface area contributed by atoms with Crippen LogP contribution in [0.2, 0.25) is 0 Å². The zero-order chi connectivity index (χ0) is 14.5. The summed E-state index contributed by atoms with van der Waals surface area (Å²) in [6.45, 7) is 7.96. The monoisotopic (exact) mass is 271 g/mol. The van der Waals surface area contributed by atoms with Gasteiger partial charge in [0.1, 0.15) is 5.82 Å². The van der Waals surface area contributed by atoms with Gasteiger partial charge >= 0.3 is 0 Å². The van der Waals surface area contributed by atoms with Crippen LogP contribution in [0.4, 0.5) is 4.39 Å². The number of nitrogens with one attached hydrogen (secondary N) is 1. The van der Waals surface area contributed by atoms with Gasteiger partial charge in [0.05, 0.1) is 0 Å². The molecule has 0 radical (unpaired) electrons. The first-order chi connectivity index (χ1) is 9.61. The first kappa shape index (κ1) is 14.7. The van der Waals surface area contributed by atoms with Gasteiger partial charge in [-0.2, -0.15) is 0 Å². The average Bonchev–Trinajstić information content (AvgIpc) is 2.45. The maximum atomic E-state index is 14.2. The molecule has 0 aliphatic rings. The first-order valence-electron chi connectivity index (χ1n) is 7.21. The first-order valence-corrected chi connectivity index (χ1v) is 7.21. The molecule has 0 spiro atoms. The zero-order valence-electron chi connectivity index (χ0n) is 12.4. The molecule has 106 valence electrons. The minimum absolute atomic E-state index is 0.155. The predicted octanol–water partition coefficient (Wildman–Crippen LogP) is 4.73. The standard InChI is InChI=1S/C18H22FN/c1-4-20-12-14-5-10-17(18(19)11-14)16-8-6-15(7-9-16)13(2)3/h5-11,13,20H,4,12H2,1-3H3. The molecular weight excluding hydrogens is 249 g/mol. The number of hydrogen-bond donors (Lipinski definition) is 1. The van der Waals surface area contributed by atoms with Gasteiger partial charge in [0.25, 0.3) is 0 Å². The van der Waals surface area contributed by atoms with E-state index in [0.29, 0.717) is 18.0 Å². The van der Waals surface area contributed by atoms with E-state index in [2.05, 4.69) is 31.3 Å². The molecule has 0 fully saturated rings. The van der Waals surface area contributed by atoms with E-state index in [9.17, 15) is 4.39 Å². The molecule has 2 aromatic rings. The molecule has 20 heavy (non-hydrogen) atoms. The topological polar surface area (TPSA) is 12.0 Å². The lowest BCUT2D eigenvalue weighted by Crippen LogP contribution is -2.11. The van der Waals surface area contributed by atoms with Crippen LogP contribution in [-0.2, 0) is 6.54 Å². The number of rotatable bonds is 5. The van der Waals surface area contributed by atoms with Crippen molar-refractivity contribution in [2.75, 3.05) is 6.54 Å². The summed E-state index contributed by atoms with van der Waals surface area (Å²) in [5, 5.41) is 3.20. The lowest BCUT2D eigenvalue weighted by Gasteiger charge is -2.09. The lowest BCUT2D eigenvalue weighted by molar-refractivity contribution is 0.625. The van der Waals surface area contributed by atoms with Gasteiger partial charge in [-0.15, -0.1) is 0 Å². The van der Waals surface area contributed by atoms with Crippen LogP contribution in [0.25, 0.3) is 11.1 Å². The Kier molecular flexibility index (Phi) is 4.91. The smallest absolute Gasteiger partial charge is 0.131 e. The van der Waals surface area contributed by atoms with E-state index in [4.69, 9.17) is 0 Å². The van der Waals surface area contributed by atoms with Crippen LogP contribution in [0.3, 0.4) is 0 Å². The zero-order valence-corrected chi connectivity index (χ0v) is 12.4. The Morgan fingerprint density at radius 1 is 1.05 bits per heavy atom. The summed E-state index contributed by atoms with van der Waals surface area (Å²) in [7, 11) is 0. The van der Waals surface area contributed by atoms with Crippen molar-refractivity contribution in [3.8, 4) is 11.1 Å². The molecule has 0 atom stereocenters. The van der Waals surface area contributed by atoms with Crippen LogP contribution in [-0.4, -0.2) is 6.54 Å². The summed E-state index contributed by atoms with van der Waals surface area (Å²) < 4.78 is 14.2. The second-order valence-electron chi connectivity index (χ2n) is 5.37. The summed E-state index contributed by atoms with van der Waals surface area (Å²) in [5.41, 5.74) is 3.85. The van der Waals surface area contributed by atoms with Gasteiger partial charge in [-0.25, -0.2) is 4.39 Å². The summed E-state index contributed by atoms with van der Waals surface area (Å²) in [5.74, 6) is 0.342. The van der Waals surface area contributed by atoms with E-state index in [1.165, 1.54) is 5.56 Å². The van der Waals surface area contributed by atoms with Gasteiger partial charge in [0.15, 0.2) is 0 Å². The molecule has 0 unspecified atom stereocenters. The fourth-order valence-corrected chi connectivity index (χ4v) is 2.22. The van der Waals surface area contributed by atoms with Crippen molar-refractivity contribution in [1.82, 2.24) is 5.32 Å². The van der Waals surface area contributed by atoms with Crippen LogP contribution in [0.15, 0.2) is 42.5 Å². The van der Waals surface area contributed by atoms with Gasteiger partial charge in [0.2, 0.25) is 0 Å². The maximum Gasteiger partial charge on any atom is 0.131 e. The third-order valence-corrected chi connectivity index (χ3v) is 3.50. The fourth-order valence-electron chi connectivity index (χ4n) is 2.22. The maximum absolute atomic E-state index is 14.2. The van der Waals surface area contributed by atoms with E-state index in [1.54, 1.807) is 6.07 Å². The van der Waals surface area contributed by atoms with E-state index >= 15 is 0 Å². The van der Waals surface area contributed by atoms with Gasteiger partial charge in [-0.05, 0) is 35.2 Å². The second kappa shape index (κ2) is 6.67. The summed E-state index contributed by atoms with van der Waals surface area (Å²) in [6, 6.07) is 13.6. The Morgan fingerprint density at radius 3 is 2.30 bits per heavy atom. The SMILES string of the molecule is CCNCc1ccc(-c2ccc(C(C)C)cc2)c(F)c1. The molecule has 1 nitrogen and oxygen atoms in total. The highest BCUT2D eigenvalue weighted by Gasteiger charge is 2.07. The highest BCUT2D eigenvalue weighted by atomic mass is 19.1. The van der Waals surface area contributed by atoms with E-state index in [1.807, 2.05) is 31.2 Å². The van der Waals surface area contributed by atoms with Crippen LogP contribution in [0.5, 0.6) is 0 Å². The summed E-state index contributed by atoms with van der Waals surface area (Å²) >= 11 is 0. The fraction of sp³-hybridized carbons (Fsp3) is 0.333. The molecule has 0 amide bonds. The van der Waals surface area contributed by atoms with Crippen molar-refractivity contribution in [1.29, 1.82) is 0 Å². The highest BCUT2D eigenvalue weighted by Crippen LogP contribution is 2.25. The lowest BCUT2D eigenvalue weighted by atomic mass is 9.98. The molecular formula is C18H22FN. The van der Waals surface area contributed by atoms with Gasteiger partial charge in [-0.3, -0.25) is 0 Å². The normalized spacial score (nSPS) is 11.1. The third-order valence-electron chi connectivity index (χ3n) is 3.50.